The minimum absolute atomic E-state index is 0.308. The van der Waals surface area contributed by atoms with Crippen molar-refractivity contribution in [2.45, 2.75) is 26.7 Å². The number of carboxylic acids is 1. The van der Waals surface area contributed by atoms with Gasteiger partial charge in [-0.25, -0.2) is 0 Å². The summed E-state index contributed by atoms with van der Waals surface area (Å²) in [6.07, 6.45) is 1.32. The lowest BCUT2D eigenvalue weighted by Gasteiger charge is -2.14. The lowest BCUT2D eigenvalue weighted by atomic mass is 9.94. The van der Waals surface area contributed by atoms with Crippen LogP contribution >= 0.6 is 0 Å². The molecule has 0 amide bonds. The smallest absolute Gasteiger partial charge is 0.303 e. The Balaban J connectivity index is 3.77. The van der Waals surface area contributed by atoms with Gasteiger partial charge >= 0.3 is 5.97 Å². The second-order valence-corrected chi connectivity index (χ2v) is 3.74. The van der Waals surface area contributed by atoms with E-state index in [0.717, 1.165) is 13.0 Å². The molecule has 0 spiro atoms. The van der Waals surface area contributed by atoms with E-state index in [9.17, 15) is 4.79 Å². The zero-order valence-electron chi connectivity index (χ0n) is 8.21. The van der Waals surface area contributed by atoms with Crippen molar-refractivity contribution in [3.63, 3.8) is 0 Å². The summed E-state index contributed by atoms with van der Waals surface area (Å²) in [5.74, 6) is 0.240. The van der Waals surface area contributed by atoms with Crippen molar-refractivity contribution >= 4 is 5.97 Å². The Morgan fingerprint density at radius 3 is 2.42 bits per heavy atom. The number of rotatable bonds is 6. The van der Waals surface area contributed by atoms with Crippen molar-refractivity contribution in [1.29, 1.82) is 0 Å². The maximum absolute atomic E-state index is 10.5. The molecule has 12 heavy (non-hydrogen) atoms. The van der Waals surface area contributed by atoms with Gasteiger partial charge in [-0.1, -0.05) is 13.8 Å². The van der Waals surface area contributed by atoms with Gasteiger partial charge in [-0.15, -0.1) is 0 Å². The van der Waals surface area contributed by atoms with E-state index < -0.39 is 5.97 Å². The normalized spacial score (nSPS) is 13.3. The predicted octanol–water partition coefficient (Wildman–Crippen LogP) is 0.317. The number of carboxylic acid groups (broad SMARTS) is 1. The van der Waals surface area contributed by atoms with E-state index >= 15 is 0 Å². The number of nitrogens with two attached hydrogens (primary N) is 1. The van der Waals surface area contributed by atoms with Gasteiger partial charge in [0.1, 0.15) is 0 Å². The van der Waals surface area contributed by atoms with Crippen LogP contribution < -0.4 is 5.32 Å². The Morgan fingerprint density at radius 2 is 2.08 bits per heavy atom. The Morgan fingerprint density at radius 1 is 1.50 bits per heavy atom. The molecule has 0 saturated heterocycles. The highest BCUT2D eigenvalue weighted by molar-refractivity contribution is 5.67. The zero-order valence-corrected chi connectivity index (χ0v) is 8.21. The Bertz CT molecular complexity index is 134. The van der Waals surface area contributed by atoms with Gasteiger partial charge in [-0.3, -0.25) is 4.79 Å². The van der Waals surface area contributed by atoms with Crippen molar-refractivity contribution in [1.82, 2.24) is 0 Å². The molecule has 1 unspecified atom stereocenters. The largest absolute Gasteiger partial charge is 0.481 e. The highest BCUT2D eigenvalue weighted by Gasteiger charge is 2.15. The van der Waals surface area contributed by atoms with Gasteiger partial charge in [0.15, 0.2) is 0 Å². The van der Waals surface area contributed by atoms with Gasteiger partial charge in [-0.2, -0.15) is 0 Å². The van der Waals surface area contributed by atoms with Gasteiger partial charge in [0, 0.05) is 5.92 Å². The van der Waals surface area contributed by atoms with Crippen molar-refractivity contribution in [2.24, 2.45) is 11.8 Å². The van der Waals surface area contributed by atoms with Crippen molar-refractivity contribution in [2.75, 3.05) is 13.6 Å². The quantitative estimate of drug-likeness (QED) is 0.609. The average molecular weight is 174 g/mol. The second kappa shape index (κ2) is 6.00. The van der Waals surface area contributed by atoms with Crippen LogP contribution in [0.5, 0.6) is 0 Å². The maximum Gasteiger partial charge on any atom is 0.303 e. The third-order valence-corrected chi connectivity index (χ3v) is 1.84. The molecule has 0 radical (unpaired) electrons. The van der Waals surface area contributed by atoms with Crippen LogP contribution in [-0.2, 0) is 4.79 Å². The van der Waals surface area contributed by atoms with Gasteiger partial charge in [0.25, 0.3) is 0 Å². The van der Waals surface area contributed by atoms with Crippen molar-refractivity contribution < 1.29 is 15.2 Å². The third-order valence-electron chi connectivity index (χ3n) is 1.84. The second-order valence-electron chi connectivity index (χ2n) is 3.74. The average Bonchev–Trinajstić information content (AvgIpc) is 1.84. The molecule has 3 N–H and O–H groups in total. The number of hydrogen-bond acceptors (Lipinski definition) is 1. The molecule has 0 aromatic heterocycles. The topological polar surface area (TPSA) is 53.9 Å². The van der Waals surface area contributed by atoms with Gasteiger partial charge in [-0.05, 0) is 12.3 Å². The van der Waals surface area contributed by atoms with E-state index in [-0.39, 0.29) is 0 Å². The van der Waals surface area contributed by atoms with E-state index in [0.29, 0.717) is 18.3 Å². The van der Waals surface area contributed by atoms with Gasteiger partial charge in [0.05, 0.1) is 20.0 Å². The minimum Gasteiger partial charge on any atom is -0.481 e. The first-order valence-electron chi connectivity index (χ1n) is 4.55. The van der Waals surface area contributed by atoms with E-state index in [4.69, 9.17) is 5.11 Å². The first kappa shape index (κ1) is 11.4. The number of aliphatic carboxylic acids is 1. The van der Waals surface area contributed by atoms with Crippen LogP contribution in [0.1, 0.15) is 26.7 Å². The highest BCUT2D eigenvalue weighted by atomic mass is 16.4. The summed E-state index contributed by atoms with van der Waals surface area (Å²) in [5.41, 5.74) is 0. The molecule has 0 aromatic rings. The monoisotopic (exact) mass is 174 g/mol. The lowest BCUT2D eigenvalue weighted by Crippen LogP contribution is -2.81. The molecule has 72 valence electrons. The number of carbonyl (C=O) groups is 1. The van der Waals surface area contributed by atoms with Crippen LogP contribution in [0.3, 0.4) is 0 Å². The molecular weight excluding hydrogens is 154 g/mol. The zero-order chi connectivity index (χ0) is 9.56. The highest BCUT2D eigenvalue weighted by Crippen LogP contribution is 2.13. The first-order chi connectivity index (χ1) is 5.56. The summed E-state index contributed by atoms with van der Waals surface area (Å²) in [6, 6.07) is 0. The Labute approximate surface area is 74.2 Å². The molecule has 0 aliphatic heterocycles. The van der Waals surface area contributed by atoms with Gasteiger partial charge < -0.3 is 10.4 Å². The molecule has 3 heteroatoms. The molecule has 0 aromatic carbocycles. The standard InChI is InChI=1S/C9H19NO2/c1-7(2)4-8(6-10-3)5-9(11)12/h7-8,10H,4-6H2,1-3H3,(H,11,12)/p+1. The SMILES string of the molecule is C[NH2+]CC(CC(=O)O)CC(C)C. The summed E-state index contributed by atoms with van der Waals surface area (Å²) in [5, 5.41) is 10.7. The first-order valence-corrected chi connectivity index (χ1v) is 4.55. The summed E-state index contributed by atoms with van der Waals surface area (Å²) in [4.78, 5) is 10.5. The molecule has 0 rings (SSSR count). The number of quaternary nitrogens is 1. The fourth-order valence-corrected chi connectivity index (χ4v) is 1.51. The van der Waals surface area contributed by atoms with Crippen LogP contribution in [0.2, 0.25) is 0 Å². The number of hydrogen-bond donors (Lipinski definition) is 2. The fraction of sp³-hybridized carbons (Fsp3) is 0.889. The van der Waals surface area contributed by atoms with Crippen molar-refractivity contribution in [3.8, 4) is 0 Å². The maximum atomic E-state index is 10.5. The summed E-state index contributed by atoms with van der Waals surface area (Å²) >= 11 is 0. The summed E-state index contributed by atoms with van der Waals surface area (Å²) in [6.45, 7) is 5.18. The molecule has 0 saturated carbocycles. The molecule has 0 heterocycles. The summed E-state index contributed by atoms with van der Waals surface area (Å²) in [7, 11) is 1.98. The Hall–Kier alpha value is -0.570. The molecule has 1 atom stereocenters. The molecule has 3 nitrogen and oxygen atoms in total. The Kier molecular flexibility index (Phi) is 5.72. The van der Waals surface area contributed by atoms with E-state index in [2.05, 4.69) is 19.2 Å². The van der Waals surface area contributed by atoms with Crippen LogP contribution in [0.25, 0.3) is 0 Å². The molecule has 0 bridgehead atoms. The molecular formula is C9H20NO2+. The van der Waals surface area contributed by atoms with E-state index in [1.165, 1.54) is 0 Å². The van der Waals surface area contributed by atoms with Crippen molar-refractivity contribution in [3.05, 3.63) is 0 Å². The van der Waals surface area contributed by atoms with E-state index in [1.54, 1.807) is 0 Å². The minimum atomic E-state index is -0.678. The lowest BCUT2D eigenvalue weighted by molar-refractivity contribution is -0.633. The fourth-order valence-electron chi connectivity index (χ4n) is 1.51. The van der Waals surface area contributed by atoms with E-state index in [1.807, 2.05) is 7.05 Å². The summed E-state index contributed by atoms with van der Waals surface area (Å²) < 4.78 is 0. The van der Waals surface area contributed by atoms with Crippen LogP contribution in [0, 0.1) is 11.8 Å². The molecule has 0 aliphatic rings. The molecule has 0 aliphatic carbocycles. The van der Waals surface area contributed by atoms with Crippen LogP contribution in [-0.4, -0.2) is 24.7 Å². The van der Waals surface area contributed by atoms with Crippen LogP contribution in [0.15, 0.2) is 0 Å². The van der Waals surface area contributed by atoms with Gasteiger partial charge in [0.2, 0.25) is 0 Å². The third kappa shape index (κ3) is 6.16. The predicted molar refractivity (Wildman–Crippen MR) is 47.9 cm³/mol. The molecule has 0 fully saturated rings. The van der Waals surface area contributed by atoms with Crippen LogP contribution in [0.4, 0.5) is 0 Å².